The van der Waals surface area contributed by atoms with E-state index in [1.807, 2.05) is 12.1 Å². The maximum atomic E-state index is 13.2. The van der Waals surface area contributed by atoms with Crippen LogP contribution in [0.25, 0.3) is 0 Å². The minimum absolute atomic E-state index is 0.146. The maximum Gasteiger partial charge on any atom is 0.337 e. The van der Waals surface area contributed by atoms with E-state index in [0.717, 1.165) is 18.4 Å². The van der Waals surface area contributed by atoms with Crippen molar-refractivity contribution in [2.24, 2.45) is 0 Å². The Morgan fingerprint density at radius 1 is 1.00 bits per heavy atom. The van der Waals surface area contributed by atoms with Crippen molar-refractivity contribution in [3.63, 3.8) is 0 Å². The Kier molecular flexibility index (Phi) is 5.90. The number of hydrogen-bond acceptors (Lipinski definition) is 6. The molecule has 0 bridgehead atoms. The van der Waals surface area contributed by atoms with Crippen LogP contribution in [-0.4, -0.2) is 46.6 Å². The normalized spacial score (nSPS) is 17.3. The number of carbonyl (C=O) groups is 1. The number of hydrogen-bond donors (Lipinski definition) is 0. The van der Waals surface area contributed by atoms with Crippen LogP contribution >= 0.6 is 0 Å². The molecule has 2 aromatic rings. The molecular weight excluding hydrogens is 382 g/mol. The summed E-state index contributed by atoms with van der Waals surface area (Å²) in [5, 5.41) is 0. The number of nitrogens with zero attached hydrogens (tertiary/aromatic N) is 1. The Balaban J connectivity index is 1.92. The lowest BCUT2D eigenvalue weighted by molar-refractivity contribution is 0.0600. The maximum absolute atomic E-state index is 13.2. The number of rotatable bonds is 6. The fraction of sp³-hybridized carbons (Fsp3) is 0.350. The molecule has 28 heavy (non-hydrogen) atoms. The summed E-state index contributed by atoms with van der Waals surface area (Å²) < 4.78 is 43.2. The Bertz CT molecular complexity index is 955. The lowest BCUT2D eigenvalue weighted by Crippen LogP contribution is -2.30. The topological polar surface area (TPSA) is 82.1 Å². The molecule has 0 N–H and O–H groups in total. The fourth-order valence-corrected chi connectivity index (χ4v) is 5.12. The zero-order valence-electron chi connectivity index (χ0n) is 16.0. The van der Waals surface area contributed by atoms with Gasteiger partial charge in [0, 0.05) is 6.54 Å². The van der Waals surface area contributed by atoms with E-state index >= 15 is 0 Å². The van der Waals surface area contributed by atoms with Crippen molar-refractivity contribution in [3.05, 3.63) is 53.6 Å². The van der Waals surface area contributed by atoms with E-state index in [0.29, 0.717) is 23.6 Å². The third-order valence-electron chi connectivity index (χ3n) is 4.88. The van der Waals surface area contributed by atoms with Gasteiger partial charge in [-0.1, -0.05) is 6.07 Å². The molecule has 0 spiro atoms. The molecule has 1 unspecified atom stereocenters. The molecule has 7 nitrogen and oxygen atoms in total. The van der Waals surface area contributed by atoms with Gasteiger partial charge in [-0.05, 0) is 54.8 Å². The standard InChI is InChI=1S/C20H23NO6S/c1-25-18-11-8-15(13-19(18)26-2)17-5-4-12-21(17)28(23,24)16-9-6-14(7-10-16)20(22)27-3/h6-11,13,17H,4-5,12H2,1-3H3. The minimum atomic E-state index is -3.71. The van der Waals surface area contributed by atoms with E-state index in [1.54, 1.807) is 20.3 Å². The van der Waals surface area contributed by atoms with Crippen LogP contribution in [0.4, 0.5) is 0 Å². The van der Waals surface area contributed by atoms with E-state index in [-0.39, 0.29) is 10.9 Å². The Hall–Kier alpha value is -2.58. The van der Waals surface area contributed by atoms with Crippen molar-refractivity contribution in [2.45, 2.75) is 23.8 Å². The largest absolute Gasteiger partial charge is 0.493 e. The quantitative estimate of drug-likeness (QED) is 0.687. The van der Waals surface area contributed by atoms with Crippen molar-refractivity contribution in [1.82, 2.24) is 4.31 Å². The Labute approximate surface area is 164 Å². The summed E-state index contributed by atoms with van der Waals surface area (Å²) in [7, 11) is 0.678. The molecule has 0 aromatic heterocycles. The lowest BCUT2D eigenvalue weighted by Gasteiger charge is -2.25. The van der Waals surface area contributed by atoms with E-state index in [1.165, 1.54) is 35.7 Å². The van der Waals surface area contributed by atoms with E-state index < -0.39 is 16.0 Å². The molecule has 0 amide bonds. The first-order valence-electron chi connectivity index (χ1n) is 8.84. The summed E-state index contributed by atoms with van der Waals surface area (Å²) in [6.45, 7) is 0.431. The molecule has 0 radical (unpaired) electrons. The number of esters is 1. The first-order valence-corrected chi connectivity index (χ1v) is 10.3. The number of ether oxygens (including phenoxy) is 3. The molecule has 150 valence electrons. The van der Waals surface area contributed by atoms with Crippen molar-refractivity contribution in [1.29, 1.82) is 0 Å². The Morgan fingerprint density at radius 2 is 1.68 bits per heavy atom. The number of sulfonamides is 1. The molecule has 1 saturated heterocycles. The van der Waals surface area contributed by atoms with Crippen LogP contribution in [0, 0.1) is 0 Å². The van der Waals surface area contributed by atoms with Gasteiger partial charge >= 0.3 is 5.97 Å². The van der Waals surface area contributed by atoms with Gasteiger partial charge in [0.15, 0.2) is 11.5 Å². The van der Waals surface area contributed by atoms with Gasteiger partial charge in [0.2, 0.25) is 10.0 Å². The molecule has 1 aliphatic rings. The second kappa shape index (κ2) is 8.20. The van der Waals surface area contributed by atoms with Gasteiger partial charge in [0.05, 0.1) is 37.8 Å². The third-order valence-corrected chi connectivity index (χ3v) is 6.80. The van der Waals surface area contributed by atoms with Crippen molar-refractivity contribution >= 4 is 16.0 Å². The highest BCUT2D eigenvalue weighted by molar-refractivity contribution is 7.89. The van der Waals surface area contributed by atoms with Gasteiger partial charge in [-0.3, -0.25) is 0 Å². The van der Waals surface area contributed by atoms with Gasteiger partial charge in [0.1, 0.15) is 0 Å². The minimum Gasteiger partial charge on any atom is -0.493 e. The van der Waals surface area contributed by atoms with Crippen molar-refractivity contribution < 1.29 is 27.4 Å². The highest BCUT2D eigenvalue weighted by Gasteiger charge is 2.36. The molecule has 1 heterocycles. The van der Waals surface area contributed by atoms with Gasteiger partial charge in [-0.15, -0.1) is 0 Å². The molecule has 8 heteroatoms. The monoisotopic (exact) mass is 405 g/mol. The zero-order chi connectivity index (χ0) is 20.3. The first kappa shape index (κ1) is 20.2. The van der Waals surface area contributed by atoms with Gasteiger partial charge in [-0.25, -0.2) is 13.2 Å². The number of benzene rings is 2. The van der Waals surface area contributed by atoms with Gasteiger partial charge in [-0.2, -0.15) is 4.31 Å². The SMILES string of the molecule is COC(=O)c1ccc(S(=O)(=O)N2CCCC2c2ccc(OC)c(OC)c2)cc1. The van der Waals surface area contributed by atoms with Crippen LogP contribution < -0.4 is 9.47 Å². The van der Waals surface area contributed by atoms with Crippen LogP contribution in [0.3, 0.4) is 0 Å². The molecule has 1 atom stereocenters. The predicted molar refractivity (Wildman–Crippen MR) is 103 cm³/mol. The molecule has 0 saturated carbocycles. The summed E-state index contributed by atoms with van der Waals surface area (Å²) in [5.74, 6) is 0.650. The summed E-state index contributed by atoms with van der Waals surface area (Å²) in [5.41, 5.74) is 1.16. The van der Waals surface area contributed by atoms with Crippen LogP contribution in [0.1, 0.15) is 34.8 Å². The average molecular weight is 405 g/mol. The third kappa shape index (κ3) is 3.70. The van der Waals surface area contributed by atoms with Crippen molar-refractivity contribution in [2.75, 3.05) is 27.9 Å². The lowest BCUT2D eigenvalue weighted by atomic mass is 10.0. The van der Waals surface area contributed by atoms with Crippen LogP contribution in [-0.2, 0) is 14.8 Å². The van der Waals surface area contributed by atoms with E-state index in [4.69, 9.17) is 9.47 Å². The van der Waals surface area contributed by atoms with Crippen LogP contribution in [0.5, 0.6) is 11.5 Å². The summed E-state index contributed by atoms with van der Waals surface area (Å²) in [6.07, 6.45) is 1.48. The van der Waals surface area contributed by atoms with E-state index in [2.05, 4.69) is 4.74 Å². The second-order valence-electron chi connectivity index (χ2n) is 6.40. The number of carbonyl (C=O) groups excluding carboxylic acids is 1. The van der Waals surface area contributed by atoms with Crippen LogP contribution in [0.15, 0.2) is 47.4 Å². The fourth-order valence-electron chi connectivity index (χ4n) is 3.44. The highest BCUT2D eigenvalue weighted by atomic mass is 32.2. The predicted octanol–water partition coefficient (Wildman–Crippen LogP) is 3.02. The molecule has 2 aromatic carbocycles. The first-order chi connectivity index (χ1) is 13.4. The van der Waals surface area contributed by atoms with Crippen molar-refractivity contribution in [3.8, 4) is 11.5 Å². The molecule has 0 aliphatic carbocycles. The second-order valence-corrected chi connectivity index (χ2v) is 8.29. The molecule has 3 rings (SSSR count). The Morgan fingerprint density at radius 3 is 2.29 bits per heavy atom. The smallest absolute Gasteiger partial charge is 0.337 e. The van der Waals surface area contributed by atoms with E-state index in [9.17, 15) is 13.2 Å². The molecule has 1 aliphatic heterocycles. The average Bonchev–Trinajstić information content (AvgIpc) is 3.23. The van der Waals surface area contributed by atoms with Crippen LogP contribution in [0.2, 0.25) is 0 Å². The molecular formula is C20H23NO6S. The summed E-state index contributed by atoms with van der Waals surface area (Å²) >= 11 is 0. The molecule has 1 fully saturated rings. The summed E-state index contributed by atoms with van der Waals surface area (Å²) in [4.78, 5) is 11.7. The highest BCUT2D eigenvalue weighted by Crippen LogP contribution is 2.39. The van der Waals surface area contributed by atoms with Gasteiger partial charge in [0.25, 0.3) is 0 Å². The van der Waals surface area contributed by atoms with Gasteiger partial charge < -0.3 is 14.2 Å². The summed E-state index contributed by atoms with van der Waals surface area (Å²) in [6, 6.07) is 11.0. The number of methoxy groups -OCH3 is 3. The zero-order valence-corrected chi connectivity index (χ0v) is 16.9.